The average molecular weight is 463 g/mol. The van der Waals surface area contributed by atoms with Gasteiger partial charge in [-0.25, -0.2) is 13.2 Å². The number of aryl methyl sites for hydroxylation is 2. The van der Waals surface area contributed by atoms with Gasteiger partial charge in [-0.2, -0.15) is 0 Å². The summed E-state index contributed by atoms with van der Waals surface area (Å²) in [5.74, 6) is -1.30. The van der Waals surface area contributed by atoms with Crippen LogP contribution in [0.1, 0.15) is 56.6 Å². The van der Waals surface area contributed by atoms with Gasteiger partial charge < -0.3 is 0 Å². The van der Waals surface area contributed by atoms with E-state index in [1.54, 1.807) is 24.3 Å². The van der Waals surface area contributed by atoms with E-state index in [0.29, 0.717) is 29.4 Å². The summed E-state index contributed by atoms with van der Waals surface area (Å²) >= 11 is 0. The predicted molar refractivity (Wildman–Crippen MR) is 136 cm³/mol. The van der Waals surface area contributed by atoms with Crippen LogP contribution in [-0.2, 0) is 12.8 Å². The summed E-state index contributed by atoms with van der Waals surface area (Å²) in [5.41, 5.74) is 2.35. The third-order valence-electron chi connectivity index (χ3n) is 7.28. The molecule has 0 nitrogen and oxygen atoms in total. The van der Waals surface area contributed by atoms with E-state index in [9.17, 15) is 13.2 Å². The van der Waals surface area contributed by atoms with Crippen LogP contribution in [0, 0.1) is 29.3 Å². The molecule has 0 radical (unpaired) electrons. The van der Waals surface area contributed by atoms with E-state index in [-0.39, 0.29) is 10.9 Å². The van der Waals surface area contributed by atoms with Gasteiger partial charge in [0, 0.05) is 5.56 Å². The van der Waals surface area contributed by atoms with Gasteiger partial charge in [0.15, 0.2) is 11.6 Å². The third-order valence-corrected chi connectivity index (χ3v) is 7.28. The molecule has 0 spiro atoms. The maximum absolute atomic E-state index is 15.0. The summed E-state index contributed by atoms with van der Waals surface area (Å²) in [6.45, 7) is 5.73. The molecule has 0 atom stereocenters. The standard InChI is InChI=1S/C31H33F3/c1-3-5-7-25-18-19-26-20-27(30(33)31(34)28(26)29(25)32)24-16-14-23(15-17-24)13-12-22-10-8-21(6-4-2)9-11-22/h3-4,6,14-22H,1,5,7-13H2,2H3/b6-4+. The topological polar surface area (TPSA) is 0 Å². The molecular formula is C31H33F3. The van der Waals surface area contributed by atoms with Crippen molar-refractivity contribution in [2.75, 3.05) is 0 Å². The van der Waals surface area contributed by atoms with Crippen molar-refractivity contribution < 1.29 is 13.2 Å². The monoisotopic (exact) mass is 462 g/mol. The van der Waals surface area contributed by atoms with Gasteiger partial charge in [0.05, 0.1) is 5.39 Å². The molecule has 0 unspecified atom stereocenters. The minimum Gasteiger partial charge on any atom is -0.206 e. The maximum atomic E-state index is 15.0. The summed E-state index contributed by atoms with van der Waals surface area (Å²) in [6, 6.07) is 12.6. The van der Waals surface area contributed by atoms with Crippen molar-refractivity contribution in [3.05, 3.63) is 95.9 Å². The number of benzene rings is 3. The van der Waals surface area contributed by atoms with Crippen LogP contribution in [0.5, 0.6) is 0 Å². The van der Waals surface area contributed by atoms with E-state index in [4.69, 9.17) is 0 Å². The first-order valence-corrected chi connectivity index (χ1v) is 12.4. The molecule has 0 heterocycles. The third kappa shape index (κ3) is 5.29. The molecule has 178 valence electrons. The highest BCUT2D eigenvalue weighted by Crippen LogP contribution is 2.35. The van der Waals surface area contributed by atoms with Crippen LogP contribution < -0.4 is 0 Å². The molecule has 4 rings (SSSR count). The molecule has 3 heteroatoms. The lowest BCUT2D eigenvalue weighted by atomic mass is 9.79. The molecule has 1 aliphatic rings. The van der Waals surface area contributed by atoms with Gasteiger partial charge in [0.2, 0.25) is 0 Å². The van der Waals surface area contributed by atoms with Crippen molar-refractivity contribution in [2.24, 2.45) is 11.8 Å². The number of allylic oxidation sites excluding steroid dienone is 3. The Labute approximate surface area is 201 Å². The van der Waals surface area contributed by atoms with Crippen molar-refractivity contribution in [1.82, 2.24) is 0 Å². The molecule has 1 aliphatic carbocycles. The highest BCUT2D eigenvalue weighted by Gasteiger charge is 2.21. The van der Waals surface area contributed by atoms with Gasteiger partial charge in [-0.3, -0.25) is 0 Å². The van der Waals surface area contributed by atoms with Crippen LogP contribution in [-0.4, -0.2) is 0 Å². The molecule has 3 aromatic rings. The van der Waals surface area contributed by atoms with Crippen LogP contribution >= 0.6 is 0 Å². The molecule has 0 saturated heterocycles. The fourth-order valence-electron chi connectivity index (χ4n) is 5.25. The number of fused-ring (bicyclic) bond motifs is 1. The molecule has 0 amide bonds. The number of rotatable bonds is 8. The van der Waals surface area contributed by atoms with Gasteiger partial charge in [0.25, 0.3) is 0 Å². The molecule has 0 bridgehead atoms. The fraction of sp³-hybridized carbons (Fsp3) is 0.355. The highest BCUT2D eigenvalue weighted by molar-refractivity contribution is 5.89. The Morgan fingerprint density at radius 2 is 1.62 bits per heavy atom. The zero-order valence-corrected chi connectivity index (χ0v) is 19.9. The Hall–Kier alpha value is -2.81. The molecule has 1 saturated carbocycles. The second kappa shape index (κ2) is 11.1. The quantitative estimate of drug-likeness (QED) is 0.293. The van der Waals surface area contributed by atoms with E-state index in [1.165, 1.54) is 31.2 Å². The lowest BCUT2D eigenvalue weighted by molar-refractivity contribution is 0.296. The van der Waals surface area contributed by atoms with Crippen LogP contribution in [0.15, 0.2) is 67.3 Å². The maximum Gasteiger partial charge on any atom is 0.170 e. The zero-order valence-electron chi connectivity index (χ0n) is 19.9. The Morgan fingerprint density at radius 1 is 0.882 bits per heavy atom. The largest absolute Gasteiger partial charge is 0.206 e. The number of hydrogen-bond donors (Lipinski definition) is 0. The predicted octanol–water partition coefficient (Wildman–Crippen LogP) is 9.36. The minimum absolute atomic E-state index is 0.164. The summed E-state index contributed by atoms with van der Waals surface area (Å²) in [5, 5.41) is 0.0925. The summed E-state index contributed by atoms with van der Waals surface area (Å²) in [4.78, 5) is 0. The number of halogens is 3. The Morgan fingerprint density at radius 3 is 2.29 bits per heavy atom. The van der Waals surface area contributed by atoms with E-state index < -0.39 is 17.5 Å². The molecule has 3 aromatic carbocycles. The van der Waals surface area contributed by atoms with Crippen molar-refractivity contribution in [3.63, 3.8) is 0 Å². The molecule has 0 aromatic heterocycles. The SMILES string of the molecule is C=CCCc1ccc2cc(-c3ccc(CCC4CCC(/C=C/C)CC4)cc3)c(F)c(F)c2c1F. The van der Waals surface area contributed by atoms with Gasteiger partial charge in [-0.05, 0) is 98.3 Å². The first-order chi connectivity index (χ1) is 16.5. The van der Waals surface area contributed by atoms with Crippen LogP contribution in [0.4, 0.5) is 13.2 Å². The first-order valence-electron chi connectivity index (χ1n) is 12.4. The smallest absolute Gasteiger partial charge is 0.170 e. The molecule has 34 heavy (non-hydrogen) atoms. The second-order valence-corrected chi connectivity index (χ2v) is 9.56. The summed E-state index contributed by atoms with van der Waals surface area (Å²) < 4.78 is 44.8. The zero-order chi connectivity index (χ0) is 24.1. The van der Waals surface area contributed by atoms with Crippen molar-refractivity contribution in [1.29, 1.82) is 0 Å². The molecule has 0 N–H and O–H groups in total. The lowest BCUT2D eigenvalue weighted by Crippen LogP contribution is -2.13. The minimum atomic E-state index is -1.12. The van der Waals surface area contributed by atoms with E-state index in [1.807, 2.05) is 24.3 Å². The van der Waals surface area contributed by atoms with E-state index in [2.05, 4.69) is 25.7 Å². The number of hydrogen-bond acceptors (Lipinski definition) is 0. The van der Waals surface area contributed by atoms with Crippen molar-refractivity contribution in [3.8, 4) is 11.1 Å². The van der Waals surface area contributed by atoms with Crippen molar-refractivity contribution in [2.45, 2.75) is 58.3 Å². The Bertz CT molecular complexity index is 1170. The average Bonchev–Trinajstić information content (AvgIpc) is 2.86. The second-order valence-electron chi connectivity index (χ2n) is 9.56. The van der Waals surface area contributed by atoms with Gasteiger partial charge in [0.1, 0.15) is 5.82 Å². The fourth-order valence-corrected chi connectivity index (χ4v) is 5.25. The Kier molecular flexibility index (Phi) is 7.92. The van der Waals surface area contributed by atoms with E-state index >= 15 is 0 Å². The van der Waals surface area contributed by atoms with Gasteiger partial charge >= 0.3 is 0 Å². The van der Waals surface area contributed by atoms with Gasteiger partial charge in [-0.1, -0.05) is 54.6 Å². The summed E-state index contributed by atoms with van der Waals surface area (Å²) in [6.07, 6.45) is 14.4. The van der Waals surface area contributed by atoms with Crippen LogP contribution in [0.25, 0.3) is 21.9 Å². The summed E-state index contributed by atoms with van der Waals surface area (Å²) in [7, 11) is 0. The molecular weight excluding hydrogens is 429 g/mol. The van der Waals surface area contributed by atoms with Crippen molar-refractivity contribution >= 4 is 10.8 Å². The molecule has 0 aliphatic heterocycles. The van der Waals surface area contributed by atoms with Crippen LogP contribution in [0.2, 0.25) is 0 Å². The lowest BCUT2D eigenvalue weighted by Gasteiger charge is -2.26. The highest BCUT2D eigenvalue weighted by atomic mass is 19.2. The first kappa shape index (κ1) is 24.3. The van der Waals surface area contributed by atoms with Crippen LogP contribution in [0.3, 0.4) is 0 Å². The normalized spacial score (nSPS) is 18.6. The van der Waals surface area contributed by atoms with E-state index in [0.717, 1.165) is 24.7 Å². The Balaban J connectivity index is 1.49. The molecule has 1 fully saturated rings. The van der Waals surface area contributed by atoms with Gasteiger partial charge in [-0.15, -0.1) is 6.58 Å².